The first-order valence-electron chi connectivity index (χ1n) is 7.73. The van der Waals surface area contributed by atoms with Gasteiger partial charge in [0.2, 0.25) is 0 Å². The maximum absolute atomic E-state index is 10.6. The molecule has 1 aromatic heterocycles. The zero-order valence-electron chi connectivity index (χ0n) is 13.8. The Kier molecular flexibility index (Phi) is 4.40. The van der Waals surface area contributed by atoms with Gasteiger partial charge in [-0.3, -0.25) is 0 Å². The molecular weight excluding hydrogens is 260 g/mol. The normalized spacial score (nSPS) is 11.9. The van der Waals surface area contributed by atoms with Gasteiger partial charge in [-0.1, -0.05) is 52.3 Å². The van der Waals surface area contributed by atoms with Crippen molar-refractivity contribution in [2.45, 2.75) is 59.3 Å². The average molecular weight is 286 g/mol. The van der Waals surface area contributed by atoms with Gasteiger partial charge < -0.3 is 5.11 Å². The number of aromatic nitrogens is 2. The van der Waals surface area contributed by atoms with E-state index in [0.29, 0.717) is 5.75 Å². The number of aryl methyl sites for hydroxylation is 1. The molecule has 1 heterocycles. The Balaban J connectivity index is 2.61. The van der Waals surface area contributed by atoms with Gasteiger partial charge in [-0.25, -0.2) is 4.68 Å². The second-order valence-electron chi connectivity index (χ2n) is 6.70. The number of hydrogen-bond donors (Lipinski definition) is 1. The van der Waals surface area contributed by atoms with Crippen LogP contribution in [0.5, 0.6) is 5.75 Å². The lowest BCUT2D eigenvalue weighted by molar-refractivity contribution is 0.438. The Hall–Kier alpha value is -1.77. The molecule has 1 N–H and O–H groups in total. The van der Waals surface area contributed by atoms with Gasteiger partial charge in [-0.2, -0.15) is 5.10 Å². The highest BCUT2D eigenvalue weighted by molar-refractivity contribution is 5.46. The van der Waals surface area contributed by atoms with E-state index >= 15 is 0 Å². The molecule has 0 aliphatic rings. The van der Waals surface area contributed by atoms with Gasteiger partial charge in [0.15, 0.2) is 5.75 Å². The molecule has 2 rings (SSSR count). The van der Waals surface area contributed by atoms with Crippen LogP contribution in [0.3, 0.4) is 0 Å². The number of unbranched alkanes of at least 4 members (excludes halogenated alkanes) is 1. The minimum Gasteiger partial charge on any atom is -0.504 e. The molecule has 0 aliphatic heterocycles. The molecule has 2 aromatic rings. The van der Waals surface area contributed by atoms with E-state index in [9.17, 15) is 5.11 Å². The summed E-state index contributed by atoms with van der Waals surface area (Å²) in [5.74, 6) is 0.360. The van der Waals surface area contributed by atoms with Gasteiger partial charge in [-0.15, -0.1) is 0 Å². The molecule has 0 radical (unpaired) electrons. The van der Waals surface area contributed by atoms with Crippen molar-refractivity contribution in [1.29, 1.82) is 0 Å². The van der Waals surface area contributed by atoms with Crippen LogP contribution >= 0.6 is 0 Å². The summed E-state index contributed by atoms with van der Waals surface area (Å²) in [6, 6.07) is 8.18. The van der Waals surface area contributed by atoms with E-state index in [2.05, 4.69) is 46.8 Å². The van der Waals surface area contributed by atoms with Crippen LogP contribution in [-0.4, -0.2) is 14.9 Å². The molecule has 0 aliphatic carbocycles. The zero-order valence-corrected chi connectivity index (χ0v) is 13.8. The Bertz CT molecular complexity index is 621. The van der Waals surface area contributed by atoms with Crippen LogP contribution in [0.25, 0.3) is 5.69 Å². The monoisotopic (exact) mass is 286 g/mol. The number of aromatic hydroxyl groups is 1. The summed E-state index contributed by atoms with van der Waals surface area (Å²) < 4.78 is 1.93. The van der Waals surface area contributed by atoms with Crippen molar-refractivity contribution in [3.8, 4) is 11.4 Å². The number of para-hydroxylation sites is 1. The quantitative estimate of drug-likeness (QED) is 0.897. The third-order valence-electron chi connectivity index (χ3n) is 3.77. The van der Waals surface area contributed by atoms with Crippen LogP contribution < -0.4 is 0 Å². The lowest BCUT2D eigenvalue weighted by Gasteiger charge is -2.15. The molecule has 0 saturated carbocycles. The lowest BCUT2D eigenvalue weighted by atomic mass is 9.91. The van der Waals surface area contributed by atoms with Crippen LogP contribution in [-0.2, 0) is 11.8 Å². The molecular formula is C18H26N2O. The molecule has 21 heavy (non-hydrogen) atoms. The maximum Gasteiger partial charge on any atom is 0.161 e. The molecule has 0 saturated heterocycles. The molecule has 0 bridgehead atoms. The maximum atomic E-state index is 10.6. The van der Waals surface area contributed by atoms with E-state index in [-0.39, 0.29) is 5.41 Å². The highest BCUT2D eigenvalue weighted by Crippen LogP contribution is 2.35. The molecule has 3 heteroatoms. The first-order valence-corrected chi connectivity index (χ1v) is 7.73. The van der Waals surface area contributed by atoms with Crippen molar-refractivity contribution in [3.63, 3.8) is 0 Å². The summed E-state index contributed by atoms with van der Waals surface area (Å²) in [5, 5.41) is 15.4. The third-order valence-corrected chi connectivity index (χ3v) is 3.77. The van der Waals surface area contributed by atoms with E-state index < -0.39 is 0 Å². The number of hydrogen-bond acceptors (Lipinski definition) is 2. The second kappa shape index (κ2) is 5.92. The fourth-order valence-electron chi connectivity index (χ4n) is 2.52. The highest BCUT2D eigenvalue weighted by atomic mass is 16.3. The minimum absolute atomic E-state index is 0.168. The summed E-state index contributed by atoms with van der Waals surface area (Å²) in [7, 11) is 0. The van der Waals surface area contributed by atoms with Crippen molar-refractivity contribution < 1.29 is 5.11 Å². The van der Waals surface area contributed by atoms with E-state index in [1.54, 1.807) is 0 Å². The van der Waals surface area contributed by atoms with Gasteiger partial charge in [0.05, 0.1) is 11.4 Å². The van der Waals surface area contributed by atoms with Crippen LogP contribution in [0, 0.1) is 6.92 Å². The largest absolute Gasteiger partial charge is 0.504 e. The van der Waals surface area contributed by atoms with Crippen molar-refractivity contribution in [2.24, 2.45) is 0 Å². The smallest absolute Gasteiger partial charge is 0.161 e. The predicted molar refractivity (Wildman–Crippen MR) is 87.3 cm³/mol. The standard InChI is InChI=1S/C18H26N2O/c1-6-7-11-15-16(21)17(18(3,4)5)19-20(15)14-12-9-8-10-13(14)2/h8-10,12,21H,6-7,11H2,1-5H3. The first kappa shape index (κ1) is 15.6. The number of benzene rings is 1. The lowest BCUT2D eigenvalue weighted by Crippen LogP contribution is -2.13. The molecule has 1 aromatic carbocycles. The summed E-state index contributed by atoms with van der Waals surface area (Å²) in [6.45, 7) is 10.5. The molecule has 3 nitrogen and oxygen atoms in total. The van der Waals surface area contributed by atoms with Crippen molar-refractivity contribution in [3.05, 3.63) is 41.2 Å². The molecule has 114 valence electrons. The Morgan fingerprint density at radius 2 is 1.86 bits per heavy atom. The predicted octanol–water partition coefficient (Wildman–Crippen LogP) is 4.53. The summed E-state index contributed by atoms with van der Waals surface area (Å²) in [5.41, 5.74) is 3.75. The van der Waals surface area contributed by atoms with Gasteiger partial charge in [0, 0.05) is 5.41 Å². The fraction of sp³-hybridized carbons (Fsp3) is 0.500. The van der Waals surface area contributed by atoms with Gasteiger partial charge in [0.1, 0.15) is 5.69 Å². The third kappa shape index (κ3) is 3.12. The molecule has 0 spiro atoms. The van der Waals surface area contributed by atoms with E-state index in [4.69, 9.17) is 5.10 Å². The zero-order chi connectivity index (χ0) is 15.6. The number of rotatable bonds is 4. The van der Waals surface area contributed by atoms with Crippen LogP contribution in [0.2, 0.25) is 0 Å². The van der Waals surface area contributed by atoms with Crippen LogP contribution in [0.1, 0.15) is 57.5 Å². The van der Waals surface area contributed by atoms with Crippen LogP contribution in [0.4, 0.5) is 0 Å². The van der Waals surface area contributed by atoms with Gasteiger partial charge >= 0.3 is 0 Å². The summed E-state index contributed by atoms with van der Waals surface area (Å²) >= 11 is 0. The van der Waals surface area contributed by atoms with E-state index in [1.807, 2.05) is 16.8 Å². The van der Waals surface area contributed by atoms with Crippen molar-refractivity contribution in [2.75, 3.05) is 0 Å². The van der Waals surface area contributed by atoms with Gasteiger partial charge in [0.25, 0.3) is 0 Å². The average Bonchev–Trinajstić information content (AvgIpc) is 2.74. The molecule has 0 amide bonds. The van der Waals surface area contributed by atoms with E-state index in [1.165, 1.54) is 5.56 Å². The minimum atomic E-state index is -0.168. The molecule has 0 unspecified atom stereocenters. The van der Waals surface area contributed by atoms with Crippen LogP contribution in [0.15, 0.2) is 24.3 Å². The Labute approximate surface area is 127 Å². The topological polar surface area (TPSA) is 38.1 Å². The SMILES string of the molecule is CCCCc1c(O)c(C(C)(C)C)nn1-c1ccccc1C. The Morgan fingerprint density at radius 3 is 2.43 bits per heavy atom. The Morgan fingerprint density at radius 1 is 1.19 bits per heavy atom. The van der Waals surface area contributed by atoms with Crippen molar-refractivity contribution in [1.82, 2.24) is 9.78 Å². The van der Waals surface area contributed by atoms with Crippen molar-refractivity contribution >= 4 is 0 Å². The summed E-state index contributed by atoms with van der Waals surface area (Å²) in [4.78, 5) is 0. The number of nitrogens with zero attached hydrogens (tertiary/aromatic N) is 2. The van der Waals surface area contributed by atoms with E-state index in [0.717, 1.165) is 36.3 Å². The second-order valence-corrected chi connectivity index (χ2v) is 6.70. The fourth-order valence-corrected chi connectivity index (χ4v) is 2.52. The summed E-state index contributed by atoms with van der Waals surface area (Å²) in [6.07, 6.45) is 3.00. The molecule has 0 fully saturated rings. The highest BCUT2D eigenvalue weighted by Gasteiger charge is 2.27. The van der Waals surface area contributed by atoms with Gasteiger partial charge in [-0.05, 0) is 31.4 Å². The first-order chi connectivity index (χ1) is 9.86. The molecule has 0 atom stereocenters.